The first kappa shape index (κ1) is 11.5. The van der Waals surface area contributed by atoms with E-state index in [-0.39, 0.29) is 18.4 Å². The van der Waals surface area contributed by atoms with Crippen molar-refractivity contribution in [3.8, 4) is 0 Å². The lowest BCUT2D eigenvalue weighted by atomic mass is 10.2. The summed E-state index contributed by atoms with van der Waals surface area (Å²) < 4.78 is 0.483. The predicted octanol–water partition coefficient (Wildman–Crippen LogP) is 1.10. The van der Waals surface area contributed by atoms with Crippen LogP contribution in [0.15, 0.2) is 0 Å². The maximum absolute atomic E-state index is 11.6. The number of carbonyl (C=O) groups is 2. The van der Waals surface area contributed by atoms with Crippen molar-refractivity contribution in [3.05, 3.63) is 0 Å². The van der Waals surface area contributed by atoms with E-state index in [0.29, 0.717) is 4.32 Å². The molecule has 0 spiro atoms. The molecule has 0 aromatic heterocycles. The topological polar surface area (TPSA) is 57.6 Å². The van der Waals surface area contributed by atoms with Gasteiger partial charge in [-0.2, -0.15) is 0 Å². The average molecular weight is 233 g/mol. The highest BCUT2D eigenvalue weighted by molar-refractivity contribution is 8.24. The molecule has 1 heterocycles. The molecule has 1 amide bonds. The van der Waals surface area contributed by atoms with Crippen LogP contribution in [0.1, 0.15) is 20.3 Å². The summed E-state index contributed by atoms with van der Waals surface area (Å²) in [5.41, 5.74) is 0. The Morgan fingerprint density at radius 1 is 1.71 bits per heavy atom. The van der Waals surface area contributed by atoms with Crippen LogP contribution in [0, 0.1) is 0 Å². The molecule has 14 heavy (non-hydrogen) atoms. The Balaban J connectivity index is 2.74. The van der Waals surface area contributed by atoms with Crippen LogP contribution in [0.25, 0.3) is 0 Å². The summed E-state index contributed by atoms with van der Waals surface area (Å²) in [6.07, 6.45) is -0.160. The number of carboxylic acid groups (broad SMARTS) is 1. The van der Waals surface area contributed by atoms with Crippen LogP contribution in [0.2, 0.25) is 0 Å². The monoisotopic (exact) mass is 233 g/mol. The smallest absolute Gasteiger partial charge is 0.305 e. The molecule has 1 aliphatic rings. The zero-order valence-corrected chi connectivity index (χ0v) is 9.52. The third-order valence-corrected chi connectivity index (χ3v) is 3.37. The summed E-state index contributed by atoms with van der Waals surface area (Å²) in [6.45, 7) is 3.71. The van der Waals surface area contributed by atoms with E-state index in [9.17, 15) is 9.59 Å². The van der Waals surface area contributed by atoms with Gasteiger partial charge in [0.25, 0.3) is 0 Å². The van der Waals surface area contributed by atoms with Gasteiger partial charge in [0, 0.05) is 6.04 Å². The minimum atomic E-state index is -0.968. The van der Waals surface area contributed by atoms with Gasteiger partial charge in [0.1, 0.15) is 9.57 Å². The second-order valence-corrected chi connectivity index (χ2v) is 5.11. The molecule has 0 bridgehead atoms. The third-order valence-electron chi connectivity index (χ3n) is 1.83. The van der Waals surface area contributed by atoms with Gasteiger partial charge in [-0.25, -0.2) is 0 Å². The molecule has 0 aliphatic carbocycles. The van der Waals surface area contributed by atoms with E-state index in [1.54, 1.807) is 0 Å². The van der Waals surface area contributed by atoms with Crippen molar-refractivity contribution in [1.82, 2.24) is 4.90 Å². The number of hydrogen-bond acceptors (Lipinski definition) is 4. The van der Waals surface area contributed by atoms with Gasteiger partial charge in [0.05, 0.1) is 6.42 Å². The predicted molar refractivity (Wildman–Crippen MR) is 58.2 cm³/mol. The molecular weight excluding hydrogens is 222 g/mol. The Labute approximate surface area is 91.6 Å². The fourth-order valence-corrected chi connectivity index (χ4v) is 2.97. The van der Waals surface area contributed by atoms with Crippen LogP contribution in [0.4, 0.5) is 0 Å². The summed E-state index contributed by atoms with van der Waals surface area (Å²) >= 11 is 6.16. The Kier molecular flexibility index (Phi) is 3.49. The highest BCUT2D eigenvalue weighted by Gasteiger charge is 2.39. The highest BCUT2D eigenvalue weighted by atomic mass is 32.2. The van der Waals surface area contributed by atoms with E-state index < -0.39 is 11.2 Å². The van der Waals surface area contributed by atoms with Gasteiger partial charge in [-0.15, -0.1) is 0 Å². The van der Waals surface area contributed by atoms with Crippen molar-refractivity contribution in [2.75, 3.05) is 0 Å². The van der Waals surface area contributed by atoms with Crippen molar-refractivity contribution >= 4 is 40.2 Å². The van der Waals surface area contributed by atoms with Gasteiger partial charge in [-0.05, 0) is 13.8 Å². The molecule has 0 aromatic carbocycles. The molecule has 1 fully saturated rings. The van der Waals surface area contributed by atoms with Crippen molar-refractivity contribution in [2.24, 2.45) is 0 Å². The number of nitrogens with zero attached hydrogens (tertiary/aromatic N) is 1. The van der Waals surface area contributed by atoms with Gasteiger partial charge in [0.2, 0.25) is 5.91 Å². The zero-order valence-electron chi connectivity index (χ0n) is 7.89. The molecule has 1 saturated heterocycles. The second-order valence-electron chi connectivity index (χ2n) is 3.27. The lowest BCUT2D eigenvalue weighted by Gasteiger charge is -2.19. The first-order chi connectivity index (χ1) is 6.43. The molecule has 1 atom stereocenters. The first-order valence-corrected chi connectivity index (χ1v) is 5.47. The van der Waals surface area contributed by atoms with Gasteiger partial charge in [-0.1, -0.05) is 24.0 Å². The van der Waals surface area contributed by atoms with Crippen LogP contribution < -0.4 is 0 Å². The number of thiocarbonyl (C=S) groups is 1. The van der Waals surface area contributed by atoms with Crippen molar-refractivity contribution in [2.45, 2.75) is 31.6 Å². The summed E-state index contributed by atoms with van der Waals surface area (Å²) in [4.78, 5) is 23.6. The molecule has 0 saturated carbocycles. The van der Waals surface area contributed by atoms with Crippen LogP contribution >= 0.6 is 24.0 Å². The molecule has 4 nitrogen and oxygen atoms in total. The van der Waals surface area contributed by atoms with E-state index in [1.165, 1.54) is 16.7 Å². The fraction of sp³-hybridized carbons (Fsp3) is 0.625. The van der Waals surface area contributed by atoms with Crippen molar-refractivity contribution in [3.63, 3.8) is 0 Å². The van der Waals surface area contributed by atoms with Gasteiger partial charge in [0.15, 0.2) is 0 Å². The maximum atomic E-state index is 11.6. The van der Waals surface area contributed by atoms with Crippen molar-refractivity contribution < 1.29 is 14.7 Å². The highest BCUT2D eigenvalue weighted by Crippen LogP contribution is 2.30. The standard InChI is InChI=1S/C8H11NO3S2/c1-4(2)9-7(12)5(3-6(10)11)14-8(9)13/h4-5H,3H2,1-2H3,(H,10,11). The maximum Gasteiger partial charge on any atom is 0.305 e. The Hall–Kier alpha value is -0.620. The van der Waals surface area contributed by atoms with Gasteiger partial charge < -0.3 is 5.11 Å². The number of hydrogen-bond donors (Lipinski definition) is 1. The van der Waals surface area contributed by atoms with E-state index in [0.717, 1.165) is 0 Å². The summed E-state index contributed by atoms with van der Waals surface area (Å²) in [6, 6.07) is 0.00120. The molecule has 1 aliphatic heterocycles. The van der Waals surface area contributed by atoms with Crippen LogP contribution in [-0.4, -0.2) is 37.5 Å². The molecule has 1 rings (SSSR count). The largest absolute Gasteiger partial charge is 0.481 e. The summed E-state index contributed by atoms with van der Waals surface area (Å²) in [5, 5.41) is 8.04. The minimum Gasteiger partial charge on any atom is -0.481 e. The molecule has 78 valence electrons. The number of aliphatic carboxylic acids is 1. The summed E-state index contributed by atoms with van der Waals surface area (Å²) in [7, 11) is 0. The molecule has 0 aromatic rings. The lowest BCUT2D eigenvalue weighted by molar-refractivity contribution is -0.139. The van der Waals surface area contributed by atoms with Gasteiger partial charge >= 0.3 is 5.97 Å². The molecular formula is C8H11NO3S2. The van der Waals surface area contributed by atoms with Crippen LogP contribution in [0.5, 0.6) is 0 Å². The zero-order chi connectivity index (χ0) is 10.9. The first-order valence-electron chi connectivity index (χ1n) is 4.19. The number of carboxylic acids is 1. The quantitative estimate of drug-likeness (QED) is 0.740. The van der Waals surface area contributed by atoms with Gasteiger partial charge in [-0.3, -0.25) is 14.5 Å². The van der Waals surface area contributed by atoms with Crippen molar-refractivity contribution in [1.29, 1.82) is 0 Å². The van der Waals surface area contributed by atoms with Crippen LogP contribution in [-0.2, 0) is 9.59 Å². The van der Waals surface area contributed by atoms with E-state index in [1.807, 2.05) is 13.8 Å². The number of amides is 1. The normalized spacial score (nSPS) is 22.2. The molecule has 1 N–H and O–H groups in total. The number of carbonyl (C=O) groups excluding carboxylic acids is 1. The minimum absolute atomic E-state index is 0.00120. The lowest BCUT2D eigenvalue weighted by Crippen LogP contribution is -2.37. The number of rotatable bonds is 3. The summed E-state index contributed by atoms with van der Waals surface area (Å²) in [5.74, 6) is -1.15. The van der Waals surface area contributed by atoms with E-state index in [2.05, 4.69) is 0 Å². The molecule has 6 heteroatoms. The Bertz CT molecular complexity index is 290. The molecule has 1 unspecified atom stereocenters. The fourth-order valence-electron chi connectivity index (χ4n) is 1.23. The second kappa shape index (κ2) is 4.27. The van der Waals surface area contributed by atoms with E-state index in [4.69, 9.17) is 17.3 Å². The molecule has 0 radical (unpaired) electrons. The van der Waals surface area contributed by atoms with Crippen LogP contribution in [0.3, 0.4) is 0 Å². The average Bonchev–Trinajstić information content (AvgIpc) is 2.25. The third kappa shape index (κ3) is 2.24. The number of thioether (sulfide) groups is 1. The Morgan fingerprint density at radius 2 is 2.29 bits per heavy atom. The SMILES string of the molecule is CC(C)N1C(=O)C(CC(=O)O)SC1=S. The Morgan fingerprint density at radius 3 is 2.64 bits per heavy atom. The van der Waals surface area contributed by atoms with E-state index >= 15 is 0 Å².